The van der Waals surface area contributed by atoms with Gasteiger partial charge in [-0.25, -0.2) is 0 Å². The van der Waals surface area contributed by atoms with Crippen LogP contribution in [0.4, 0.5) is 17.1 Å². The molecule has 108 valence electrons. The minimum Gasteiger partial charge on any atom is -0.481 e. The predicted octanol–water partition coefficient (Wildman–Crippen LogP) is 0.743. The normalized spacial score (nSPS) is 14.8. The van der Waals surface area contributed by atoms with Crippen molar-refractivity contribution < 1.29 is 19.6 Å². The maximum Gasteiger partial charge on any atom is 0.296 e. The number of carbonyl (C=O) groups excluding carboxylic acids is 1. The van der Waals surface area contributed by atoms with E-state index < -0.39 is 4.92 Å². The monoisotopic (exact) mass is 281 g/mol. The summed E-state index contributed by atoms with van der Waals surface area (Å²) in [5.74, 6) is -0.0414. The summed E-state index contributed by atoms with van der Waals surface area (Å²) in [7, 11) is 1.64. The number of nitrogens with zero attached hydrogens (tertiary/aromatic N) is 2. The summed E-state index contributed by atoms with van der Waals surface area (Å²) in [5, 5.41) is 22.9. The molecular weight excluding hydrogens is 266 g/mol. The lowest BCUT2D eigenvalue weighted by Crippen LogP contribution is -2.33. The van der Waals surface area contributed by atoms with E-state index in [-0.39, 0.29) is 36.6 Å². The average molecular weight is 281 g/mol. The molecule has 1 heterocycles. The Hall–Kier alpha value is -2.35. The van der Waals surface area contributed by atoms with Gasteiger partial charge < -0.3 is 20.1 Å². The predicted molar refractivity (Wildman–Crippen MR) is 72.2 cm³/mol. The van der Waals surface area contributed by atoms with E-state index in [9.17, 15) is 20.0 Å². The molecule has 1 atom stereocenters. The Morgan fingerprint density at radius 1 is 1.60 bits per heavy atom. The van der Waals surface area contributed by atoms with E-state index in [1.807, 2.05) is 0 Å². The number of benzene rings is 1. The summed E-state index contributed by atoms with van der Waals surface area (Å²) in [5.41, 5.74) is 0.558. The number of likely N-dealkylation sites (N-methyl/N-ethyl adjacent to an activating group) is 1. The second-order valence-electron chi connectivity index (χ2n) is 4.57. The minimum absolute atomic E-state index is 0.136. The van der Waals surface area contributed by atoms with Gasteiger partial charge in [-0.3, -0.25) is 14.9 Å². The Bertz CT molecular complexity index is 560. The van der Waals surface area contributed by atoms with Gasteiger partial charge in [0.25, 0.3) is 11.6 Å². The number of nitro benzene ring substituents is 1. The summed E-state index contributed by atoms with van der Waals surface area (Å²) in [6.45, 7) is 1.43. The molecule has 0 radical (unpaired) electrons. The quantitative estimate of drug-likeness (QED) is 0.623. The molecule has 0 fully saturated rings. The fourth-order valence-corrected chi connectivity index (χ4v) is 1.89. The lowest BCUT2D eigenvalue weighted by atomic mass is 10.1. The molecule has 0 saturated heterocycles. The van der Waals surface area contributed by atoms with Crippen molar-refractivity contribution in [1.82, 2.24) is 0 Å². The number of nitro groups is 1. The fraction of sp³-hybridized carbons (Fsp3) is 0.417. The Balaban J connectivity index is 2.51. The molecule has 1 unspecified atom stereocenters. The Morgan fingerprint density at radius 3 is 2.90 bits per heavy atom. The SMILES string of the molecule is CC(CO)N(C)c1cc2c(cc1[N+](=O)[O-])OCC(=O)N2. The van der Waals surface area contributed by atoms with Crippen LogP contribution in [0.25, 0.3) is 0 Å². The first kappa shape index (κ1) is 14.1. The second-order valence-corrected chi connectivity index (χ2v) is 4.57. The highest BCUT2D eigenvalue weighted by Gasteiger charge is 2.26. The largest absolute Gasteiger partial charge is 0.481 e. The van der Waals surface area contributed by atoms with Crippen molar-refractivity contribution in [2.45, 2.75) is 13.0 Å². The van der Waals surface area contributed by atoms with Crippen LogP contribution in [0.2, 0.25) is 0 Å². The molecule has 0 saturated carbocycles. The molecule has 8 nitrogen and oxygen atoms in total. The van der Waals surface area contributed by atoms with Crippen molar-refractivity contribution >= 4 is 23.0 Å². The van der Waals surface area contributed by atoms with Crippen LogP contribution in [-0.4, -0.2) is 42.2 Å². The molecule has 0 spiro atoms. The highest BCUT2D eigenvalue weighted by atomic mass is 16.6. The summed E-state index contributed by atoms with van der Waals surface area (Å²) in [4.78, 5) is 23.5. The van der Waals surface area contributed by atoms with Gasteiger partial charge in [0.1, 0.15) is 5.69 Å². The zero-order valence-electron chi connectivity index (χ0n) is 11.1. The molecule has 8 heteroatoms. The molecule has 2 N–H and O–H groups in total. The standard InChI is InChI=1S/C12H15N3O5/c1-7(5-16)14(2)9-3-8-11(4-10(9)15(18)19)20-6-12(17)13-8/h3-4,7,16H,5-6H2,1-2H3,(H,13,17). The lowest BCUT2D eigenvalue weighted by Gasteiger charge is -2.27. The topological polar surface area (TPSA) is 105 Å². The summed E-state index contributed by atoms with van der Waals surface area (Å²) < 4.78 is 5.16. The van der Waals surface area contributed by atoms with E-state index in [1.54, 1.807) is 18.9 Å². The molecular formula is C12H15N3O5. The summed E-state index contributed by atoms with van der Waals surface area (Å²) >= 11 is 0. The molecule has 1 aliphatic heterocycles. The number of fused-ring (bicyclic) bond motifs is 1. The van der Waals surface area contributed by atoms with Crippen LogP contribution in [0, 0.1) is 10.1 Å². The van der Waals surface area contributed by atoms with Crippen LogP contribution in [0.15, 0.2) is 12.1 Å². The number of nitrogens with one attached hydrogen (secondary N) is 1. The second kappa shape index (κ2) is 5.33. The molecule has 1 aromatic rings. The fourth-order valence-electron chi connectivity index (χ4n) is 1.89. The highest BCUT2D eigenvalue weighted by Crippen LogP contribution is 2.39. The maximum absolute atomic E-state index is 11.3. The van der Waals surface area contributed by atoms with Crippen LogP contribution in [0.5, 0.6) is 5.75 Å². The van der Waals surface area contributed by atoms with Crippen LogP contribution in [0.3, 0.4) is 0 Å². The summed E-state index contributed by atoms with van der Waals surface area (Å²) in [6, 6.07) is 2.47. The van der Waals surface area contributed by atoms with Gasteiger partial charge in [-0.05, 0) is 13.0 Å². The number of ether oxygens (including phenoxy) is 1. The van der Waals surface area contributed by atoms with Gasteiger partial charge in [-0.1, -0.05) is 0 Å². The number of rotatable bonds is 4. The van der Waals surface area contributed by atoms with E-state index in [1.165, 1.54) is 12.1 Å². The van der Waals surface area contributed by atoms with Gasteiger partial charge in [0.15, 0.2) is 12.4 Å². The van der Waals surface area contributed by atoms with Gasteiger partial charge in [-0.15, -0.1) is 0 Å². The first-order valence-corrected chi connectivity index (χ1v) is 6.02. The number of anilines is 2. The molecule has 1 aliphatic rings. The first-order valence-electron chi connectivity index (χ1n) is 6.02. The van der Waals surface area contributed by atoms with E-state index in [2.05, 4.69) is 5.32 Å². The molecule has 2 rings (SSSR count). The number of hydrogen-bond acceptors (Lipinski definition) is 6. The van der Waals surface area contributed by atoms with Crippen molar-refractivity contribution in [3.05, 3.63) is 22.2 Å². The minimum atomic E-state index is -0.518. The van der Waals surface area contributed by atoms with Gasteiger partial charge in [-0.2, -0.15) is 0 Å². The number of aliphatic hydroxyl groups is 1. The third-order valence-corrected chi connectivity index (χ3v) is 3.21. The Kier molecular flexibility index (Phi) is 3.75. The lowest BCUT2D eigenvalue weighted by molar-refractivity contribution is -0.384. The van der Waals surface area contributed by atoms with E-state index in [4.69, 9.17) is 4.74 Å². The smallest absolute Gasteiger partial charge is 0.296 e. The zero-order valence-corrected chi connectivity index (χ0v) is 11.1. The van der Waals surface area contributed by atoms with Crippen molar-refractivity contribution in [2.24, 2.45) is 0 Å². The first-order chi connectivity index (χ1) is 9.43. The van der Waals surface area contributed by atoms with Gasteiger partial charge in [0, 0.05) is 13.1 Å². The van der Waals surface area contributed by atoms with Crippen molar-refractivity contribution in [1.29, 1.82) is 0 Å². The van der Waals surface area contributed by atoms with Gasteiger partial charge >= 0.3 is 0 Å². The zero-order chi connectivity index (χ0) is 14.9. The Labute approximate surface area is 115 Å². The van der Waals surface area contributed by atoms with Crippen molar-refractivity contribution in [3.63, 3.8) is 0 Å². The highest BCUT2D eigenvalue weighted by molar-refractivity contribution is 5.96. The van der Waals surface area contributed by atoms with E-state index in [0.29, 0.717) is 11.4 Å². The molecule has 0 aliphatic carbocycles. The third kappa shape index (κ3) is 2.50. The number of carbonyl (C=O) groups is 1. The van der Waals surface area contributed by atoms with Crippen LogP contribution >= 0.6 is 0 Å². The van der Waals surface area contributed by atoms with Crippen molar-refractivity contribution in [3.8, 4) is 5.75 Å². The molecule has 0 bridgehead atoms. The maximum atomic E-state index is 11.3. The average Bonchev–Trinajstić information content (AvgIpc) is 2.43. The van der Waals surface area contributed by atoms with Crippen LogP contribution in [-0.2, 0) is 4.79 Å². The number of aliphatic hydroxyl groups excluding tert-OH is 1. The summed E-state index contributed by atoms with van der Waals surface area (Å²) in [6.07, 6.45) is 0. The number of amides is 1. The molecule has 20 heavy (non-hydrogen) atoms. The molecule has 0 aromatic heterocycles. The van der Waals surface area contributed by atoms with Gasteiger partial charge in [0.2, 0.25) is 0 Å². The van der Waals surface area contributed by atoms with Crippen LogP contribution in [0.1, 0.15) is 6.92 Å². The van der Waals surface area contributed by atoms with Crippen LogP contribution < -0.4 is 15.0 Å². The molecule has 1 aromatic carbocycles. The van der Waals surface area contributed by atoms with E-state index >= 15 is 0 Å². The molecule has 1 amide bonds. The van der Waals surface area contributed by atoms with E-state index in [0.717, 1.165) is 0 Å². The van der Waals surface area contributed by atoms with Crippen molar-refractivity contribution in [2.75, 3.05) is 30.5 Å². The number of hydrogen-bond donors (Lipinski definition) is 2. The van der Waals surface area contributed by atoms with Gasteiger partial charge in [0.05, 0.1) is 23.3 Å². The third-order valence-electron chi connectivity index (χ3n) is 3.21. The Morgan fingerprint density at radius 2 is 2.30 bits per heavy atom.